The van der Waals surface area contributed by atoms with Gasteiger partial charge in [-0.2, -0.15) is 0 Å². The van der Waals surface area contributed by atoms with Gasteiger partial charge >= 0.3 is 5.97 Å². The molecule has 0 amide bonds. The average molecular weight is 175 g/mol. The monoisotopic (exact) mass is 174 g/mol. The van der Waals surface area contributed by atoms with Crippen LogP contribution >= 0.6 is 12.4 Å². The van der Waals surface area contributed by atoms with Crippen molar-refractivity contribution in [2.75, 3.05) is 0 Å². The van der Waals surface area contributed by atoms with Crippen molar-refractivity contribution < 1.29 is 14.6 Å². The zero-order valence-electron chi connectivity index (χ0n) is 5.56. The topological polar surface area (TPSA) is 46.5 Å². The van der Waals surface area contributed by atoms with Crippen LogP contribution in [0.5, 0.6) is 0 Å². The van der Waals surface area contributed by atoms with E-state index in [0.717, 1.165) is 0 Å². The van der Waals surface area contributed by atoms with Gasteiger partial charge in [-0.05, 0) is 12.2 Å². The quantitative estimate of drug-likeness (QED) is 0.655. The van der Waals surface area contributed by atoms with Crippen molar-refractivity contribution in [3.63, 3.8) is 0 Å². The molecule has 11 heavy (non-hydrogen) atoms. The van der Waals surface area contributed by atoms with Gasteiger partial charge in [0, 0.05) is 0 Å². The predicted molar refractivity (Wildman–Crippen MR) is 42.3 cm³/mol. The van der Waals surface area contributed by atoms with Crippen LogP contribution in [-0.2, 0) is 9.53 Å². The molecule has 0 saturated carbocycles. The molecule has 1 aliphatic heterocycles. The molecule has 0 aromatic carbocycles. The average Bonchev–Trinajstić information content (AvgIpc) is 2.12. The minimum atomic E-state index is -1.06. The second kappa shape index (κ2) is 4.57. The van der Waals surface area contributed by atoms with Crippen molar-refractivity contribution in [1.82, 2.24) is 0 Å². The summed E-state index contributed by atoms with van der Waals surface area (Å²) in [6.45, 7) is 0. The zero-order valence-corrected chi connectivity index (χ0v) is 6.38. The third-order valence-corrected chi connectivity index (χ3v) is 0.954. The third kappa shape index (κ3) is 2.91. The Morgan fingerprint density at radius 3 is 2.73 bits per heavy atom. The zero-order chi connectivity index (χ0) is 7.40. The molecular weight excluding hydrogens is 168 g/mol. The molecule has 0 atom stereocenters. The number of ether oxygens (including phenoxy) is 1. The number of carbonyl (C=O) groups is 1. The normalized spacial score (nSPS) is 14.0. The Labute approximate surface area is 70.1 Å². The summed E-state index contributed by atoms with van der Waals surface area (Å²) in [5.41, 5.74) is 0. The van der Waals surface area contributed by atoms with Gasteiger partial charge < -0.3 is 9.84 Å². The third-order valence-electron chi connectivity index (χ3n) is 0.954. The van der Waals surface area contributed by atoms with Crippen molar-refractivity contribution >= 4 is 18.4 Å². The van der Waals surface area contributed by atoms with Crippen LogP contribution in [0.4, 0.5) is 0 Å². The van der Waals surface area contributed by atoms with Crippen LogP contribution in [0.25, 0.3) is 0 Å². The highest BCUT2D eigenvalue weighted by Crippen LogP contribution is 2.02. The van der Waals surface area contributed by atoms with E-state index < -0.39 is 5.97 Å². The Bertz CT molecular complexity index is 228. The van der Waals surface area contributed by atoms with E-state index in [4.69, 9.17) is 5.11 Å². The van der Waals surface area contributed by atoms with Crippen LogP contribution in [0.2, 0.25) is 0 Å². The predicted octanol–water partition coefficient (Wildman–Crippen LogP) is 1.48. The number of rotatable bonds is 1. The first-order chi connectivity index (χ1) is 4.80. The highest BCUT2D eigenvalue weighted by atomic mass is 35.5. The van der Waals surface area contributed by atoms with E-state index in [1.807, 2.05) is 0 Å². The fourth-order valence-corrected chi connectivity index (χ4v) is 0.526. The summed E-state index contributed by atoms with van der Waals surface area (Å²) in [7, 11) is 0. The SMILES string of the molecule is Cl.O=C(O)C1=CC=CC=CO1. The summed E-state index contributed by atoms with van der Waals surface area (Å²) in [6.07, 6.45) is 7.63. The summed E-state index contributed by atoms with van der Waals surface area (Å²) >= 11 is 0. The largest absolute Gasteiger partial charge is 0.475 e. The Morgan fingerprint density at radius 2 is 2.09 bits per heavy atom. The number of carboxylic acids is 1. The maximum atomic E-state index is 10.2. The minimum Gasteiger partial charge on any atom is -0.475 e. The molecule has 0 radical (unpaired) electrons. The van der Waals surface area contributed by atoms with Crippen molar-refractivity contribution in [2.24, 2.45) is 0 Å². The molecule has 0 bridgehead atoms. The second-order valence-corrected chi connectivity index (χ2v) is 1.67. The number of halogens is 1. The van der Waals surface area contributed by atoms with Crippen LogP contribution in [0.15, 0.2) is 36.3 Å². The van der Waals surface area contributed by atoms with Crippen LogP contribution < -0.4 is 0 Å². The highest BCUT2D eigenvalue weighted by molar-refractivity contribution is 5.85. The van der Waals surface area contributed by atoms with Gasteiger partial charge in [0.05, 0.1) is 6.26 Å². The Morgan fingerprint density at radius 1 is 1.36 bits per heavy atom. The Balaban J connectivity index is 0.000001000. The van der Waals surface area contributed by atoms with E-state index in [1.165, 1.54) is 12.3 Å². The van der Waals surface area contributed by atoms with E-state index in [9.17, 15) is 4.79 Å². The summed E-state index contributed by atoms with van der Waals surface area (Å²) in [5, 5.41) is 8.40. The first kappa shape index (κ1) is 9.78. The smallest absolute Gasteiger partial charge is 0.371 e. The number of allylic oxidation sites excluding steroid dienone is 4. The Hall–Kier alpha value is -1.22. The number of hydrogen-bond acceptors (Lipinski definition) is 2. The molecule has 0 fully saturated rings. The Kier molecular flexibility index (Phi) is 4.07. The van der Waals surface area contributed by atoms with E-state index in [1.54, 1.807) is 18.2 Å². The molecule has 0 spiro atoms. The molecule has 60 valence electrons. The molecule has 1 N–H and O–H groups in total. The lowest BCUT2D eigenvalue weighted by Crippen LogP contribution is -2.00. The van der Waals surface area contributed by atoms with Crippen LogP contribution in [0, 0.1) is 0 Å². The first-order valence-electron chi connectivity index (χ1n) is 2.74. The van der Waals surface area contributed by atoms with Crippen LogP contribution in [0.3, 0.4) is 0 Å². The molecule has 1 rings (SSSR count). The summed E-state index contributed by atoms with van der Waals surface area (Å²) in [4.78, 5) is 10.2. The molecule has 1 heterocycles. The molecule has 0 aromatic rings. The number of carboxylic acid groups (broad SMARTS) is 1. The van der Waals surface area contributed by atoms with E-state index in [0.29, 0.717) is 0 Å². The molecule has 0 unspecified atom stereocenters. The highest BCUT2D eigenvalue weighted by Gasteiger charge is 2.05. The lowest BCUT2D eigenvalue weighted by atomic mass is 10.4. The van der Waals surface area contributed by atoms with Crippen molar-refractivity contribution in [3.05, 3.63) is 36.3 Å². The van der Waals surface area contributed by atoms with Crippen molar-refractivity contribution in [1.29, 1.82) is 0 Å². The minimum absolute atomic E-state index is 0. The standard InChI is InChI=1S/C7H6O3.ClH/c8-7(9)6-4-2-1-3-5-10-6;/h1-5H,(H,8,9);1H. The van der Waals surface area contributed by atoms with Crippen LogP contribution in [0.1, 0.15) is 0 Å². The molecule has 1 aliphatic rings. The van der Waals surface area contributed by atoms with E-state index in [2.05, 4.69) is 4.74 Å². The van der Waals surface area contributed by atoms with Gasteiger partial charge in [0.2, 0.25) is 5.76 Å². The van der Waals surface area contributed by atoms with Crippen LogP contribution in [-0.4, -0.2) is 11.1 Å². The van der Waals surface area contributed by atoms with Gasteiger partial charge in [-0.1, -0.05) is 12.2 Å². The maximum absolute atomic E-state index is 10.2. The van der Waals surface area contributed by atoms with Gasteiger partial charge in [-0.25, -0.2) is 4.79 Å². The second-order valence-electron chi connectivity index (χ2n) is 1.67. The molecule has 3 nitrogen and oxygen atoms in total. The first-order valence-corrected chi connectivity index (χ1v) is 2.74. The molecule has 4 heteroatoms. The van der Waals surface area contributed by atoms with E-state index in [-0.39, 0.29) is 18.2 Å². The van der Waals surface area contributed by atoms with Gasteiger partial charge in [-0.15, -0.1) is 12.4 Å². The van der Waals surface area contributed by atoms with Gasteiger partial charge in [0.25, 0.3) is 0 Å². The lowest BCUT2D eigenvalue weighted by molar-refractivity contribution is -0.135. The fraction of sp³-hybridized carbons (Fsp3) is 0. The summed E-state index contributed by atoms with van der Waals surface area (Å²) in [6, 6.07) is 0. The molecule has 0 aromatic heterocycles. The van der Waals surface area contributed by atoms with Crippen molar-refractivity contribution in [2.45, 2.75) is 0 Å². The maximum Gasteiger partial charge on any atom is 0.371 e. The number of aliphatic carboxylic acids is 1. The van der Waals surface area contributed by atoms with Gasteiger partial charge in [0.15, 0.2) is 0 Å². The summed E-state index contributed by atoms with van der Waals surface area (Å²) < 4.78 is 4.68. The van der Waals surface area contributed by atoms with E-state index >= 15 is 0 Å². The molecular formula is C7H7ClO3. The fourth-order valence-electron chi connectivity index (χ4n) is 0.526. The molecule has 0 aliphatic carbocycles. The lowest BCUT2D eigenvalue weighted by Gasteiger charge is -1.95. The number of hydrogen-bond donors (Lipinski definition) is 1. The van der Waals surface area contributed by atoms with Crippen molar-refractivity contribution in [3.8, 4) is 0 Å². The van der Waals surface area contributed by atoms with Gasteiger partial charge in [0.1, 0.15) is 0 Å². The molecule has 0 saturated heterocycles. The van der Waals surface area contributed by atoms with Gasteiger partial charge in [-0.3, -0.25) is 0 Å². The summed E-state index contributed by atoms with van der Waals surface area (Å²) in [5.74, 6) is -1.12.